The highest BCUT2D eigenvalue weighted by molar-refractivity contribution is 6.05. The number of rotatable bonds is 4. The van der Waals surface area contributed by atoms with Crippen LogP contribution in [0.4, 0.5) is 0 Å². The van der Waals surface area contributed by atoms with Crippen LogP contribution in [-0.4, -0.2) is 33.2 Å². The Balaban J connectivity index is 4.76. The minimum absolute atomic E-state index is 0.866. The van der Waals surface area contributed by atoms with Gasteiger partial charge in [-0.1, -0.05) is 6.58 Å². The highest BCUT2D eigenvalue weighted by atomic mass is 16.4. The molecule has 6 nitrogen and oxygen atoms in total. The summed E-state index contributed by atoms with van der Waals surface area (Å²) < 4.78 is 0. The molecule has 0 fully saturated rings. The van der Waals surface area contributed by atoms with Crippen molar-refractivity contribution < 1.29 is 29.7 Å². The van der Waals surface area contributed by atoms with E-state index in [1.54, 1.807) is 0 Å². The molecule has 0 spiro atoms. The number of hydrogen-bond donors (Lipinski definition) is 3. The fraction of sp³-hybridized carbons (Fsp3) is 0.167. The molecule has 0 rings (SSSR count). The van der Waals surface area contributed by atoms with Gasteiger partial charge in [-0.05, 0) is 0 Å². The normalized spacial score (nSPS) is 9.42. The molecule has 0 aliphatic rings. The van der Waals surface area contributed by atoms with E-state index >= 15 is 0 Å². The van der Waals surface area contributed by atoms with Crippen molar-refractivity contribution in [3.05, 3.63) is 12.2 Å². The highest BCUT2D eigenvalue weighted by Gasteiger charge is 2.32. The standard InChI is InChI=1S/C6H6O6/c1-2(4(7)8)3(5(9)10)6(11)12/h3H,1H2,(H,7,8)(H,9,10)(H,11,12). The molecule has 0 amide bonds. The van der Waals surface area contributed by atoms with Crippen molar-refractivity contribution in [3.8, 4) is 0 Å². The van der Waals surface area contributed by atoms with Crippen LogP contribution in [-0.2, 0) is 14.4 Å². The molecule has 0 aromatic heterocycles. The first-order valence-electron chi connectivity index (χ1n) is 2.75. The van der Waals surface area contributed by atoms with Crippen LogP contribution in [0.1, 0.15) is 0 Å². The quantitative estimate of drug-likeness (QED) is 0.388. The summed E-state index contributed by atoms with van der Waals surface area (Å²) in [5.74, 6) is -7.20. The van der Waals surface area contributed by atoms with Crippen LogP contribution in [0.2, 0.25) is 0 Å². The van der Waals surface area contributed by atoms with Crippen molar-refractivity contribution in [1.82, 2.24) is 0 Å². The van der Waals surface area contributed by atoms with Crippen molar-refractivity contribution >= 4 is 17.9 Å². The Morgan fingerprint density at radius 3 is 1.42 bits per heavy atom. The van der Waals surface area contributed by atoms with E-state index in [1.165, 1.54) is 0 Å². The Labute approximate surface area is 66.7 Å². The zero-order valence-corrected chi connectivity index (χ0v) is 5.85. The van der Waals surface area contributed by atoms with Gasteiger partial charge in [0.25, 0.3) is 0 Å². The lowest BCUT2D eigenvalue weighted by Gasteiger charge is -2.05. The van der Waals surface area contributed by atoms with Crippen LogP contribution in [0.3, 0.4) is 0 Å². The molecule has 0 saturated carbocycles. The molecular weight excluding hydrogens is 168 g/mol. The maximum absolute atomic E-state index is 10.2. The Kier molecular flexibility index (Phi) is 2.97. The summed E-state index contributed by atoms with van der Waals surface area (Å²) in [6.07, 6.45) is 0. The molecule has 0 aliphatic heterocycles. The number of carboxylic acids is 3. The number of carbonyl (C=O) groups is 3. The Morgan fingerprint density at radius 2 is 1.33 bits per heavy atom. The average molecular weight is 174 g/mol. The predicted octanol–water partition coefficient (Wildman–Crippen LogP) is -0.587. The molecule has 0 bridgehead atoms. The largest absolute Gasteiger partial charge is 0.480 e. The number of aliphatic carboxylic acids is 3. The number of hydrogen-bond acceptors (Lipinski definition) is 3. The summed E-state index contributed by atoms with van der Waals surface area (Å²) in [6, 6.07) is 0. The first-order valence-corrected chi connectivity index (χ1v) is 2.75. The van der Waals surface area contributed by atoms with Gasteiger partial charge in [-0.3, -0.25) is 9.59 Å². The van der Waals surface area contributed by atoms with E-state index in [0.717, 1.165) is 0 Å². The van der Waals surface area contributed by atoms with E-state index in [9.17, 15) is 14.4 Å². The molecule has 3 N–H and O–H groups in total. The fourth-order valence-electron chi connectivity index (χ4n) is 0.527. The van der Waals surface area contributed by atoms with Crippen LogP contribution in [0.15, 0.2) is 12.2 Å². The van der Waals surface area contributed by atoms with Crippen molar-refractivity contribution in [3.63, 3.8) is 0 Å². The van der Waals surface area contributed by atoms with Gasteiger partial charge in [-0.2, -0.15) is 0 Å². The van der Waals surface area contributed by atoms with Gasteiger partial charge in [0.2, 0.25) is 0 Å². The van der Waals surface area contributed by atoms with Crippen molar-refractivity contribution in [1.29, 1.82) is 0 Å². The van der Waals surface area contributed by atoms with E-state index in [-0.39, 0.29) is 0 Å². The van der Waals surface area contributed by atoms with Crippen molar-refractivity contribution in [2.75, 3.05) is 0 Å². The minimum Gasteiger partial charge on any atom is -0.480 e. The summed E-state index contributed by atoms with van der Waals surface area (Å²) in [6.45, 7) is 2.84. The average Bonchev–Trinajstić information content (AvgIpc) is 1.85. The van der Waals surface area contributed by atoms with Crippen LogP contribution in [0.5, 0.6) is 0 Å². The lowest BCUT2D eigenvalue weighted by Crippen LogP contribution is -2.28. The smallest absolute Gasteiger partial charge is 0.332 e. The van der Waals surface area contributed by atoms with Gasteiger partial charge < -0.3 is 15.3 Å². The van der Waals surface area contributed by atoms with Gasteiger partial charge >= 0.3 is 17.9 Å². The Bertz CT molecular complexity index is 239. The van der Waals surface area contributed by atoms with E-state index in [4.69, 9.17) is 15.3 Å². The van der Waals surface area contributed by atoms with Gasteiger partial charge in [-0.15, -0.1) is 0 Å². The van der Waals surface area contributed by atoms with Gasteiger partial charge in [0, 0.05) is 0 Å². The molecule has 0 aliphatic carbocycles. The SMILES string of the molecule is C=C(C(=O)O)C(C(=O)O)C(=O)O. The van der Waals surface area contributed by atoms with Gasteiger partial charge in [0.15, 0.2) is 5.92 Å². The molecule has 12 heavy (non-hydrogen) atoms. The molecule has 0 unspecified atom stereocenters. The lowest BCUT2D eigenvalue weighted by molar-refractivity contribution is -0.154. The second-order valence-electron chi connectivity index (χ2n) is 1.94. The van der Waals surface area contributed by atoms with Gasteiger partial charge in [-0.25, -0.2) is 4.79 Å². The maximum atomic E-state index is 10.2. The summed E-state index contributed by atoms with van der Waals surface area (Å²) in [7, 11) is 0. The molecule has 6 heteroatoms. The third-order valence-electron chi connectivity index (χ3n) is 1.12. The molecular formula is C6H6O6. The topological polar surface area (TPSA) is 112 Å². The van der Waals surface area contributed by atoms with E-state index in [1.807, 2.05) is 0 Å². The molecule has 0 radical (unpaired) electrons. The summed E-state index contributed by atoms with van der Waals surface area (Å²) in [4.78, 5) is 30.5. The summed E-state index contributed by atoms with van der Waals surface area (Å²) in [5, 5.41) is 24.7. The van der Waals surface area contributed by atoms with E-state index < -0.39 is 29.4 Å². The van der Waals surface area contributed by atoms with Crippen molar-refractivity contribution in [2.45, 2.75) is 0 Å². The fourth-order valence-corrected chi connectivity index (χ4v) is 0.527. The van der Waals surface area contributed by atoms with Crippen LogP contribution >= 0.6 is 0 Å². The summed E-state index contributed by atoms with van der Waals surface area (Å²) in [5.41, 5.74) is -0.866. The monoisotopic (exact) mass is 174 g/mol. The second kappa shape index (κ2) is 3.51. The van der Waals surface area contributed by atoms with Crippen LogP contribution < -0.4 is 0 Å². The molecule has 0 aromatic carbocycles. The number of carboxylic acid groups (broad SMARTS) is 3. The highest BCUT2D eigenvalue weighted by Crippen LogP contribution is 2.09. The van der Waals surface area contributed by atoms with Crippen molar-refractivity contribution in [2.24, 2.45) is 5.92 Å². The molecule has 0 aromatic rings. The van der Waals surface area contributed by atoms with Gasteiger partial charge in [0.1, 0.15) is 0 Å². The molecule has 66 valence electrons. The molecule has 0 saturated heterocycles. The summed E-state index contributed by atoms with van der Waals surface area (Å²) >= 11 is 0. The van der Waals surface area contributed by atoms with Crippen LogP contribution in [0.25, 0.3) is 0 Å². The third-order valence-corrected chi connectivity index (χ3v) is 1.12. The van der Waals surface area contributed by atoms with E-state index in [0.29, 0.717) is 0 Å². The Hall–Kier alpha value is -1.85. The first-order chi connectivity index (χ1) is 5.37. The first kappa shape index (κ1) is 10.2. The minimum atomic E-state index is -2.08. The van der Waals surface area contributed by atoms with Gasteiger partial charge in [0.05, 0.1) is 5.57 Å². The predicted molar refractivity (Wildman–Crippen MR) is 35.5 cm³/mol. The molecule has 0 atom stereocenters. The third kappa shape index (κ3) is 2.08. The maximum Gasteiger partial charge on any atom is 0.332 e. The lowest BCUT2D eigenvalue weighted by atomic mass is 10.0. The second-order valence-corrected chi connectivity index (χ2v) is 1.94. The van der Waals surface area contributed by atoms with Crippen LogP contribution in [0, 0.1) is 5.92 Å². The zero-order valence-electron chi connectivity index (χ0n) is 5.85. The van der Waals surface area contributed by atoms with E-state index in [2.05, 4.69) is 6.58 Å². The zero-order chi connectivity index (χ0) is 9.89. The molecule has 0 heterocycles. The Morgan fingerprint density at radius 1 is 1.00 bits per heavy atom.